The molecule has 4 rings (SSSR count). The normalized spacial score (nSPS) is 13.9. The second-order valence-electron chi connectivity index (χ2n) is 5.95. The summed E-state index contributed by atoms with van der Waals surface area (Å²) < 4.78 is 1.72. The summed E-state index contributed by atoms with van der Waals surface area (Å²) in [5, 5.41) is 12.8. The number of rotatable bonds is 5. The van der Waals surface area contributed by atoms with Gasteiger partial charge in [-0.25, -0.2) is 0 Å². The van der Waals surface area contributed by atoms with Crippen LogP contribution >= 0.6 is 23.6 Å². The number of hydrogen-bond donors (Lipinski definition) is 2. The Hall–Kier alpha value is -2.39. The summed E-state index contributed by atoms with van der Waals surface area (Å²) in [7, 11) is 0. The van der Waals surface area contributed by atoms with Crippen molar-refractivity contribution in [1.82, 2.24) is 19.7 Å². The molecule has 0 unspecified atom stereocenters. The fourth-order valence-corrected chi connectivity index (χ4v) is 3.79. The summed E-state index contributed by atoms with van der Waals surface area (Å²) in [4.78, 5) is 27.7. The lowest BCUT2D eigenvalue weighted by molar-refractivity contribution is -0.116. The van der Waals surface area contributed by atoms with E-state index in [1.54, 1.807) is 18.2 Å². The highest BCUT2D eigenvalue weighted by molar-refractivity contribution is 7.71. The van der Waals surface area contributed by atoms with E-state index < -0.39 is 0 Å². The molecule has 7 nitrogen and oxygen atoms in total. The number of hydrogen-bond acceptors (Lipinski definition) is 6. The highest BCUT2D eigenvalue weighted by Crippen LogP contribution is 2.42. The van der Waals surface area contributed by atoms with Crippen LogP contribution in [0.15, 0.2) is 29.1 Å². The molecular formula is C16H15N5O2S2. The molecule has 1 aliphatic rings. The van der Waals surface area contributed by atoms with Crippen molar-refractivity contribution in [1.29, 1.82) is 0 Å². The van der Waals surface area contributed by atoms with E-state index in [9.17, 15) is 9.59 Å². The maximum absolute atomic E-state index is 12.5. The lowest BCUT2D eigenvalue weighted by Gasteiger charge is -2.07. The van der Waals surface area contributed by atoms with Crippen LogP contribution < -0.4 is 10.9 Å². The van der Waals surface area contributed by atoms with Crippen molar-refractivity contribution in [2.24, 2.45) is 0 Å². The molecule has 2 heterocycles. The summed E-state index contributed by atoms with van der Waals surface area (Å²) in [5.74, 6) is 0.297. The van der Waals surface area contributed by atoms with Crippen molar-refractivity contribution < 1.29 is 4.79 Å². The first-order valence-corrected chi connectivity index (χ1v) is 9.19. The lowest BCUT2D eigenvalue weighted by atomic mass is 10.2. The van der Waals surface area contributed by atoms with Gasteiger partial charge in [0.05, 0.1) is 10.9 Å². The fourth-order valence-electron chi connectivity index (χ4n) is 2.58. The van der Waals surface area contributed by atoms with Gasteiger partial charge in [0.2, 0.25) is 11.0 Å². The van der Waals surface area contributed by atoms with Gasteiger partial charge in [0, 0.05) is 18.9 Å². The second kappa shape index (κ2) is 6.49. The Bertz CT molecular complexity index is 1060. The number of nitrogens with one attached hydrogen (secondary N) is 2. The molecule has 1 aliphatic carbocycles. The van der Waals surface area contributed by atoms with Crippen LogP contribution in [0, 0.1) is 4.77 Å². The van der Waals surface area contributed by atoms with Gasteiger partial charge in [-0.2, -0.15) is 0 Å². The van der Waals surface area contributed by atoms with Crippen LogP contribution in [-0.4, -0.2) is 25.7 Å². The zero-order valence-electron chi connectivity index (χ0n) is 13.2. The van der Waals surface area contributed by atoms with Gasteiger partial charge in [-0.1, -0.05) is 23.5 Å². The number of aromatic amines is 1. The summed E-state index contributed by atoms with van der Waals surface area (Å²) in [5.41, 5.74) is 0.499. The van der Waals surface area contributed by atoms with Crippen LogP contribution in [0.5, 0.6) is 0 Å². The molecule has 0 saturated heterocycles. The molecule has 3 aromatic rings. The predicted molar refractivity (Wildman–Crippen MR) is 98.5 cm³/mol. The smallest absolute Gasteiger partial charge is 0.262 e. The maximum atomic E-state index is 12.5. The largest absolute Gasteiger partial charge is 0.332 e. The fraction of sp³-hybridized carbons (Fsp3) is 0.312. The van der Waals surface area contributed by atoms with Crippen molar-refractivity contribution >= 4 is 45.5 Å². The van der Waals surface area contributed by atoms with E-state index in [0.29, 0.717) is 26.7 Å². The quantitative estimate of drug-likeness (QED) is 0.671. The third kappa shape index (κ3) is 3.38. The van der Waals surface area contributed by atoms with Gasteiger partial charge in [-0.3, -0.25) is 14.2 Å². The second-order valence-corrected chi connectivity index (χ2v) is 7.35. The number of amides is 1. The monoisotopic (exact) mass is 373 g/mol. The lowest BCUT2D eigenvalue weighted by Crippen LogP contribution is -2.25. The van der Waals surface area contributed by atoms with Crippen molar-refractivity contribution in [3.8, 4) is 0 Å². The van der Waals surface area contributed by atoms with E-state index in [-0.39, 0.29) is 24.4 Å². The van der Waals surface area contributed by atoms with Crippen molar-refractivity contribution in [3.63, 3.8) is 0 Å². The Morgan fingerprint density at radius 3 is 2.96 bits per heavy atom. The molecule has 128 valence electrons. The minimum Gasteiger partial charge on any atom is -0.332 e. The van der Waals surface area contributed by atoms with Crippen LogP contribution in [0.1, 0.15) is 30.2 Å². The van der Waals surface area contributed by atoms with Crippen LogP contribution in [0.25, 0.3) is 10.9 Å². The van der Waals surface area contributed by atoms with Crippen molar-refractivity contribution in [2.45, 2.75) is 31.7 Å². The molecule has 1 amide bonds. The number of H-pyrrole nitrogens is 1. The molecule has 0 radical (unpaired) electrons. The molecule has 2 N–H and O–H groups in total. The zero-order chi connectivity index (χ0) is 17.4. The number of carbonyl (C=O) groups is 1. The standard InChI is InChI=1S/C16H15N5O2S2/c22-12(18-15-20-19-13(25-15)9-5-6-9)7-8-21-14(23)10-3-1-2-4-11(10)17-16(21)24/h1-4,9H,5-8H2,(H,17,24)(H,18,20,22). The number of fused-ring (bicyclic) bond motifs is 1. The minimum absolute atomic E-state index is 0.133. The molecule has 1 aromatic carbocycles. The van der Waals surface area contributed by atoms with Gasteiger partial charge >= 0.3 is 0 Å². The number of para-hydroxylation sites is 1. The van der Waals surface area contributed by atoms with Crippen molar-refractivity contribution in [2.75, 3.05) is 5.32 Å². The number of aromatic nitrogens is 4. The Labute approximate surface area is 151 Å². The molecule has 1 fully saturated rings. The number of carbonyl (C=O) groups excluding carboxylic acids is 1. The third-order valence-electron chi connectivity index (χ3n) is 4.07. The minimum atomic E-state index is -0.215. The molecule has 25 heavy (non-hydrogen) atoms. The van der Waals surface area contributed by atoms with Crippen LogP contribution in [0.4, 0.5) is 5.13 Å². The maximum Gasteiger partial charge on any atom is 0.262 e. The first kappa shape index (κ1) is 16.1. The SMILES string of the molecule is O=C(CCn1c(=S)[nH]c2ccccc2c1=O)Nc1nnc(C2CC2)s1. The zero-order valence-corrected chi connectivity index (χ0v) is 14.8. The Kier molecular flexibility index (Phi) is 4.18. The molecule has 0 aliphatic heterocycles. The molecule has 9 heteroatoms. The predicted octanol–water partition coefficient (Wildman–Crippen LogP) is 2.82. The number of benzene rings is 1. The van der Waals surface area contributed by atoms with E-state index in [4.69, 9.17) is 12.2 Å². The molecule has 0 atom stereocenters. The van der Waals surface area contributed by atoms with Gasteiger partial charge in [0.25, 0.3) is 5.56 Å². The van der Waals surface area contributed by atoms with Crippen LogP contribution in [-0.2, 0) is 11.3 Å². The van der Waals surface area contributed by atoms with E-state index in [1.807, 2.05) is 6.07 Å². The summed E-state index contributed by atoms with van der Waals surface area (Å²) in [6.45, 7) is 0.207. The van der Waals surface area contributed by atoms with Crippen LogP contribution in [0.3, 0.4) is 0 Å². The van der Waals surface area contributed by atoms with Gasteiger partial charge in [-0.05, 0) is 37.2 Å². The highest BCUT2D eigenvalue weighted by atomic mass is 32.1. The highest BCUT2D eigenvalue weighted by Gasteiger charge is 2.27. The van der Waals surface area contributed by atoms with Crippen molar-refractivity contribution in [3.05, 3.63) is 44.4 Å². The Morgan fingerprint density at radius 1 is 1.36 bits per heavy atom. The van der Waals surface area contributed by atoms with E-state index in [0.717, 1.165) is 17.8 Å². The van der Waals surface area contributed by atoms with Gasteiger partial charge in [-0.15, -0.1) is 10.2 Å². The number of nitrogens with zero attached hydrogens (tertiary/aromatic N) is 3. The van der Waals surface area contributed by atoms with Crippen LogP contribution in [0.2, 0.25) is 0 Å². The summed E-state index contributed by atoms with van der Waals surface area (Å²) >= 11 is 6.66. The number of anilines is 1. The topological polar surface area (TPSA) is 92.7 Å². The summed E-state index contributed by atoms with van der Waals surface area (Å²) in [6.07, 6.45) is 2.42. The molecular weight excluding hydrogens is 358 g/mol. The van der Waals surface area contributed by atoms with Gasteiger partial charge in [0.15, 0.2) is 4.77 Å². The third-order valence-corrected chi connectivity index (χ3v) is 5.39. The van der Waals surface area contributed by atoms with Gasteiger partial charge in [0.1, 0.15) is 5.01 Å². The molecule has 2 aromatic heterocycles. The van der Waals surface area contributed by atoms with Gasteiger partial charge < -0.3 is 10.3 Å². The molecule has 1 saturated carbocycles. The summed E-state index contributed by atoms with van der Waals surface area (Å²) in [6, 6.07) is 7.17. The molecule has 0 spiro atoms. The van der Waals surface area contributed by atoms with E-state index in [1.165, 1.54) is 15.9 Å². The Morgan fingerprint density at radius 2 is 2.16 bits per heavy atom. The first-order valence-electron chi connectivity index (χ1n) is 7.97. The average molecular weight is 373 g/mol. The Balaban J connectivity index is 1.47. The van der Waals surface area contributed by atoms with E-state index >= 15 is 0 Å². The van der Waals surface area contributed by atoms with E-state index in [2.05, 4.69) is 20.5 Å². The average Bonchev–Trinajstić information content (AvgIpc) is 3.35. The first-order chi connectivity index (χ1) is 12.1. The molecule has 0 bridgehead atoms.